The largest absolute Gasteiger partial charge is 0.480 e. The molecule has 3 N–H and O–H groups in total. The summed E-state index contributed by atoms with van der Waals surface area (Å²) in [6.07, 6.45) is 3.90. The molecule has 3 atom stereocenters. The van der Waals surface area contributed by atoms with Gasteiger partial charge in [0.1, 0.15) is 12.1 Å². The van der Waals surface area contributed by atoms with E-state index < -0.39 is 29.9 Å². The summed E-state index contributed by atoms with van der Waals surface area (Å²) in [5, 5.41) is 14.9. The minimum Gasteiger partial charge on any atom is -0.480 e. The average Bonchev–Trinajstić information content (AvgIpc) is 2.68. The minimum atomic E-state index is -1.12. The van der Waals surface area contributed by atoms with Crippen LogP contribution in [0.4, 0.5) is 0 Å². The Morgan fingerprint density at radius 2 is 1.69 bits per heavy atom. The van der Waals surface area contributed by atoms with E-state index in [2.05, 4.69) is 10.6 Å². The van der Waals surface area contributed by atoms with Crippen molar-refractivity contribution in [2.24, 2.45) is 5.92 Å². The number of amides is 2. The maximum absolute atomic E-state index is 12.8. The van der Waals surface area contributed by atoms with Gasteiger partial charge in [0.15, 0.2) is 0 Å². The molecule has 0 bridgehead atoms. The second-order valence-electron chi connectivity index (χ2n) is 6.88. The lowest BCUT2D eigenvalue weighted by atomic mass is 9.98. The number of hydrogen-bond acceptors (Lipinski definition) is 5. The van der Waals surface area contributed by atoms with Crippen molar-refractivity contribution in [3.05, 3.63) is 35.9 Å². The zero-order valence-electron chi connectivity index (χ0n) is 17.1. The first-order valence-electron chi connectivity index (χ1n) is 9.67. The van der Waals surface area contributed by atoms with Gasteiger partial charge in [0.25, 0.3) is 0 Å². The van der Waals surface area contributed by atoms with Crippen LogP contribution in [0.25, 0.3) is 0 Å². The highest BCUT2D eigenvalue weighted by Crippen LogP contribution is 2.12. The molecule has 0 aliphatic rings. The molecule has 8 heteroatoms. The maximum Gasteiger partial charge on any atom is 0.326 e. The molecule has 0 saturated carbocycles. The van der Waals surface area contributed by atoms with Gasteiger partial charge in [-0.3, -0.25) is 9.59 Å². The predicted octanol–water partition coefficient (Wildman–Crippen LogP) is 2.84. The second-order valence-corrected chi connectivity index (χ2v) is 8.51. The number of carboxylic acid groups (broad SMARTS) is 1. The van der Waals surface area contributed by atoms with E-state index in [0.717, 1.165) is 12.0 Å². The van der Waals surface area contributed by atoms with Gasteiger partial charge in [-0.25, -0.2) is 4.79 Å². The third kappa shape index (κ3) is 8.95. The highest BCUT2D eigenvalue weighted by Gasteiger charge is 2.29. The first-order valence-corrected chi connectivity index (χ1v) is 11.5. The highest BCUT2D eigenvalue weighted by atomic mass is 32.2. The van der Waals surface area contributed by atoms with Gasteiger partial charge in [0, 0.05) is 11.3 Å². The number of carbonyl (C=O) groups is 3. The number of hydrogen-bond donors (Lipinski definition) is 3. The van der Waals surface area contributed by atoms with Gasteiger partial charge < -0.3 is 15.7 Å². The summed E-state index contributed by atoms with van der Waals surface area (Å²) in [6.45, 7) is 3.70. The molecule has 29 heavy (non-hydrogen) atoms. The molecule has 0 radical (unpaired) electrons. The van der Waals surface area contributed by atoms with Gasteiger partial charge in [-0.05, 0) is 37.3 Å². The Kier molecular flexibility index (Phi) is 11.5. The monoisotopic (exact) mass is 438 g/mol. The molecule has 0 heterocycles. The fraction of sp³-hybridized carbons (Fsp3) is 0.524. The number of carboxylic acids is 1. The van der Waals surface area contributed by atoms with Crippen LogP contribution in [0, 0.1) is 5.92 Å². The summed E-state index contributed by atoms with van der Waals surface area (Å²) in [5.41, 5.74) is 0.809. The number of rotatable bonds is 13. The molecule has 160 valence electrons. The van der Waals surface area contributed by atoms with Crippen LogP contribution < -0.4 is 10.6 Å². The number of nitrogens with one attached hydrogen (secondary N) is 2. The third-order valence-corrected chi connectivity index (χ3v) is 5.45. The number of thiocarbonyl (C=S) groups is 1. The van der Waals surface area contributed by atoms with Crippen molar-refractivity contribution >= 4 is 46.6 Å². The van der Waals surface area contributed by atoms with E-state index in [-0.39, 0.29) is 12.3 Å². The molecule has 1 aromatic carbocycles. The number of thioether (sulfide) groups is 1. The Morgan fingerprint density at radius 3 is 2.21 bits per heavy atom. The fourth-order valence-corrected chi connectivity index (χ4v) is 3.60. The van der Waals surface area contributed by atoms with E-state index in [4.69, 9.17) is 12.2 Å². The molecular weight excluding hydrogens is 408 g/mol. The van der Waals surface area contributed by atoms with Crippen LogP contribution in [0.5, 0.6) is 0 Å². The van der Waals surface area contributed by atoms with Gasteiger partial charge in [-0.2, -0.15) is 11.8 Å². The van der Waals surface area contributed by atoms with E-state index >= 15 is 0 Å². The van der Waals surface area contributed by atoms with E-state index in [1.165, 1.54) is 0 Å². The van der Waals surface area contributed by atoms with Gasteiger partial charge in [0.05, 0.1) is 5.92 Å². The Morgan fingerprint density at radius 1 is 1.07 bits per heavy atom. The third-order valence-electron chi connectivity index (χ3n) is 4.53. The first-order chi connectivity index (χ1) is 13.8. The van der Waals surface area contributed by atoms with Crippen molar-refractivity contribution in [1.29, 1.82) is 0 Å². The van der Waals surface area contributed by atoms with E-state index in [1.807, 2.05) is 43.5 Å². The summed E-state index contributed by atoms with van der Waals surface area (Å²) in [4.78, 5) is 37.7. The van der Waals surface area contributed by atoms with Crippen LogP contribution in [-0.2, 0) is 20.8 Å². The lowest BCUT2D eigenvalue weighted by Crippen LogP contribution is -2.53. The molecule has 2 amide bonds. The summed E-state index contributed by atoms with van der Waals surface area (Å²) >= 11 is 6.75. The van der Waals surface area contributed by atoms with Crippen molar-refractivity contribution < 1.29 is 19.5 Å². The van der Waals surface area contributed by atoms with E-state index in [1.54, 1.807) is 18.7 Å². The summed E-state index contributed by atoms with van der Waals surface area (Å²) < 4.78 is 0. The van der Waals surface area contributed by atoms with Crippen LogP contribution in [0.1, 0.15) is 38.7 Å². The first kappa shape index (κ1) is 25.1. The van der Waals surface area contributed by atoms with Crippen LogP contribution in [0.15, 0.2) is 30.3 Å². The molecule has 0 aliphatic heterocycles. The molecule has 0 aromatic heterocycles. The Bertz CT molecular complexity index is 697. The molecule has 6 nitrogen and oxygen atoms in total. The van der Waals surface area contributed by atoms with Crippen molar-refractivity contribution in [1.82, 2.24) is 10.6 Å². The molecule has 0 spiro atoms. The number of benzene rings is 1. The van der Waals surface area contributed by atoms with Crippen molar-refractivity contribution in [3.8, 4) is 0 Å². The summed E-state index contributed by atoms with van der Waals surface area (Å²) in [7, 11) is 0. The Balaban J connectivity index is 2.88. The van der Waals surface area contributed by atoms with Gasteiger partial charge in [-0.1, -0.05) is 55.9 Å². The van der Waals surface area contributed by atoms with Crippen LogP contribution in [-0.4, -0.2) is 51.8 Å². The lowest BCUT2D eigenvalue weighted by Gasteiger charge is -2.23. The van der Waals surface area contributed by atoms with E-state index in [0.29, 0.717) is 23.5 Å². The lowest BCUT2D eigenvalue weighted by molar-refractivity contribution is -0.142. The fourth-order valence-electron chi connectivity index (χ4n) is 2.91. The van der Waals surface area contributed by atoms with Crippen molar-refractivity contribution in [2.45, 2.75) is 51.6 Å². The minimum absolute atomic E-state index is 0.169. The predicted molar refractivity (Wildman–Crippen MR) is 121 cm³/mol. The van der Waals surface area contributed by atoms with Gasteiger partial charge >= 0.3 is 5.97 Å². The highest BCUT2D eigenvalue weighted by molar-refractivity contribution is 7.98. The standard InChI is InChI=1S/C21H30N2O4S2/c1-4-8-16(14(2)28)19(24)22-17(11-12-29-3)20(25)23-18(21(26)27)13-15-9-6-5-7-10-15/h5-7,9-10,16-18H,4,8,11-13H2,1-3H3,(H,22,24)(H,23,25)(H,26,27)/t16?,17-,18-/m0/s1. The second kappa shape index (κ2) is 13.3. The summed E-state index contributed by atoms with van der Waals surface area (Å²) in [6, 6.07) is 7.23. The van der Waals surface area contributed by atoms with E-state index in [9.17, 15) is 19.5 Å². The Hall–Kier alpha value is -1.93. The zero-order valence-corrected chi connectivity index (χ0v) is 18.8. The van der Waals surface area contributed by atoms with Crippen LogP contribution in [0.2, 0.25) is 0 Å². The quantitative estimate of drug-likeness (QED) is 0.410. The molecule has 0 aliphatic carbocycles. The molecule has 0 saturated heterocycles. The van der Waals surface area contributed by atoms with Crippen LogP contribution in [0.3, 0.4) is 0 Å². The molecule has 1 rings (SSSR count). The molecular formula is C21H30N2O4S2. The maximum atomic E-state index is 12.8. The topological polar surface area (TPSA) is 95.5 Å². The van der Waals surface area contributed by atoms with Crippen molar-refractivity contribution in [2.75, 3.05) is 12.0 Å². The zero-order chi connectivity index (χ0) is 21.8. The van der Waals surface area contributed by atoms with Gasteiger partial charge in [-0.15, -0.1) is 0 Å². The molecule has 0 fully saturated rings. The van der Waals surface area contributed by atoms with Gasteiger partial charge in [0.2, 0.25) is 11.8 Å². The molecule has 1 unspecified atom stereocenters. The smallest absolute Gasteiger partial charge is 0.326 e. The van der Waals surface area contributed by atoms with Crippen molar-refractivity contribution in [3.63, 3.8) is 0 Å². The number of carbonyl (C=O) groups excluding carboxylic acids is 2. The normalized spacial score (nSPS) is 13.8. The average molecular weight is 439 g/mol. The molecule has 1 aromatic rings. The SMILES string of the molecule is CCCC(C(=O)N[C@@H](CCSC)C(=O)N[C@@H](Cc1ccccc1)C(=O)O)C(C)=S. The Labute approximate surface area is 182 Å². The number of aliphatic carboxylic acids is 1. The van der Waals surface area contributed by atoms with Crippen LogP contribution >= 0.6 is 24.0 Å². The summed E-state index contributed by atoms with van der Waals surface area (Å²) in [5.74, 6) is -1.66.